The summed E-state index contributed by atoms with van der Waals surface area (Å²) < 4.78 is 11.1. The van der Waals surface area contributed by atoms with Crippen molar-refractivity contribution in [2.45, 2.75) is 13.8 Å². The summed E-state index contributed by atoms with van der Waals surface area (Å²) in [5, 5.41) is 0.526. The van der Waals surface area contributed by atoms with E-state index in [0.717, 1.165) is 5.56 Å². The number of carbonyl (C=O) groups excluding carboxylic acids is 2. The number of anilines is 1. The molecule has 1 saturated heterocycles. The Bertz CT molecular complexity index is 990. The van der Waals surface area contributed by atoms with E-state index in [4.69, 9.17) is 33.3 Å². The lowest BCUT2D eigenvalue weighted by molar-refractivity contribution is -0.132. The number of rotatable bonds is 5. The van der Waals surface area contributed by atoms with E-state index in [-0.39, 0.29) is 5.91 Å². The van der Waals surface area contributed by atoms with Crippen molar-refractivity contribution in [3.63, 3.8) is 0 Å². The van der Waals surface area contributed by atoms with Crippen LogP contribution >= 0.6 is 35.6 Å². The quantitative estimate of drug-likeness (QED) is 0.284. The number of hydrogen-bond donors (Lipinski definition) is 0. The number of esters is 1. The van der Waals surface area contributed by atoms with Gasteiger partial charge >= 0.3 is 5.97 Å². The maximum Gasteiger partial charge on any atom is 0.308 e. The van der Waals surface area contributed by atoms with Crippen LogP contribution in [0.1, 0.15) is 19.4 Å². The molecule has 0 saturated carbocycles. The van der Waals surface area contributed by atoms with E-state index in [1.165, 1.54) is 23.6 Å². The number of benzene rings is 2. The van der Waals surface area contributed by atoms with Crippen LogP contribution in [0.2, 0.25) is 5.02 Å². The fourth-order valence-electron chi connectivity index (χ4n) is 2.58. The van der Waals surface area contributed by atoms with E-state index in [1.807, 2.05) is 6.92 Å². The zero-order valence-corrected chi connectivity index (χ0v) is 17.5. The molecule has 0 aromatic heterocycles. The van der Waals surface area contributed by atoms with Crippen molar-refractivity contribution in [3.8, 4) is 11.5 Å². The molecule has 0 spiro atoms. The number of thiocarbonyl (C=S) groups is 1. The molecule has 0 atom stereocenters. The van der Waals surface area contributed by atoms with Gasteiger partial charge in [-0.3, -0.25) is 14.5 Å². The third kappa shape index (κ3) is 4.55. The van der Waals surface area contributed by atoms with Crippen molar-refractivity contribution in [2.75, 3.05) is 11.5 Å². The summed E-state index contributed by atoms with van der Waals surface area (Å²) in [5.41, 5.74) is 1.35. The van der Waals surface area contributed by atoms with E-state index in [9.17, 15) is 9.59 Å². The molecule has 2 aromatic carbocycles. The number of hydrogen-bond acceptors (Lipinski definition) is 6. The fourth-order valence-corrected chi connectivity index (χ4v) is 4.06. The highest BCUT2D eigenvalue weighted by Gasteiger charge is 2.33. The smallest absolute Gasteiger partial charge is 0.308 e. The molecule has 1 heterocycles. The molecule has 144 valence electrons. The molecule has 0 radical (unpaired) electrons. The number of ether oxygens (including phenoxy) is 2. The summed E-state index contributed by atoms with van der Waals surface area (Å²) in [6, 6.07) is 12.1. The topological polar surface area (TPSA) is 55.8 Å². The van der Waals surface area contributed by atoms with Gasteiger partial charge in [-0.15, -0.1) is 0 Å². The molecule has 0 N–H and O–H groups in total. The Morgan fingerprint density at radius 2 is 2.04 bits per heavy atom. The van der Waals surface area contributed by atoms with Crippen LogP contribution in [0.15, 0.2) is 47.4 Å². The van der Waals surface area contributed by atoms with Crippen LogP contribution < -0.4 is 14.4 Å². The molecule has 2 aromatic rings. The Balaban J connectivity index is 1.91. The molecule has 3 rings (SSSR count). The van der Waals surface area contributed by atoms with Crippen LogP contribution in [-0.4, -0.2) is 22.8 Å². The molecule has 1 amide bonds. The second-order valence-electron chi connectivity index (χ2n) is 5.73. The van der Waals surface area contributed by atoms with Crippen molar-refractivity contribution >= 4 is 63.5 Å². The molecule has 1 aliphatic rings. The van der Waals surface area contributed by atoms with Gasteiger partial charge in [-0.25, -0.2) is 0 Å². The predicted molar refractivity (Wildman–Crippen MR) is 116 cm³/mol. The molecule has 1 aliphatic heterocycles. The molecular weight excluding hydrogens is 418 g/mol. The Morgan fingerprint density at radius 3 is 2.71 bits per heavy atom. The van der Waals surface area contributed by atoms with Crippen molar-refractivity contribution in [1.82, 2.24) is 0 Å². The third-order valence-corrected chi connectivity index (χ3v) is 5.22. The fraction of sp³-hybridized carbons (Fsp3) is 0.150. The minimum Gasteiger partial charge on any atom is -0.490 e. The highest BCUT2D eigenvalue weighted by atomic mass is 35.5. The number of amides is 1. The average Bonchev–Trinajstić information content (AvgIpc) is 2.90. The highest BCUT2D eigenvalue weighted by Crippen LogP contribution is 2.37. The van der Waals surface area contributed by atoms with Gasteiger partial charge < -0.3 is 9.47 Å². The van der Waals surface area contributed by atoms with Gasteiger partial charge in [0.25, 0.3) is 5.91 Å². The lowest BCUT2D eigenvalue weighted by Gasteiger charge is -2.14. The maximum atomic E-state index is 12.9. The number of nitrogens with zero attached hydrogens (tertiary/aromatic N) is 1. The largest absolute Gasteiger partial charge is 0.490 e. The SMILES string of the molecule is CCOc1cc(/C=C2\SC(=S)N(c3cccc(Cl)c3)C2=O)ccc1OC(C)=O. The third-order valence-electron chi connectivity index (χ3n) is 3.68. The average molecular weight is 434 g/mol. The van der Waals surface area contributed by atoms with Crippen LogP contribution in [0.25, 0.3) is 6.08 Å². The van der Waals surface area contributed by atoms with Gasteiger partial charge in [0.1, 0.15) is 0 Å². The number of thioether (sulfide) groups is 1. The van der Waals surface area contributed by atoms with E-state index in [2.05, 4.69) is 0 Å². The number of halogens is 1. The van der Waals surface area contributed by atoms with E-state index >= 15 is 0 Å². The van der Waals surface area contributed by atoms with Crippen LogP contribution in [-0.2, 0) is 9.59 Å². The summed E-state index contributed by atoms with van der Waals surface area (Å²) in [7, 11) is 0. The molecular formula is C20H16ClNO4S2. The monoisotopic (exact) mass is 433 g/mol. The predicted octanol–water partition coefficient (Wildman–Crippen LogP) is 5.07. The van der Waals surface area contributed by atoms with Gasteiger partial charge in [-0.2, -0.15) is 0 Å². The van der Waals surface area contributed by atoms with Gasteiger partial charge in [0, 0.05) is 11.9 Å². The van der Waals surface area contributed by atoms with Gasteiger partial charge in [0.15, 0.2) is 15.8 Å². The van der Waals surface area contributed by atoms with E-state index in [0.29, 0.717) is 38.0 Å². The first-order valence-corrected chi connectivity index (χ1v) is 9.98. The van der Waals surface area contributed by atoms with Crippen molar-refractivity contribution in [3.05, 3.63) is 58.0 Å². The summed E-state index contributed by atoms with van der Waals surface area (Å²) in [6.45, 7) is 3.57. The molecule has 8 heteroatoms. The standard InChI is InChI=1S/C20H16ClNO4S2/c1-3-25-17-9-13(7-8-16(17)26-12(2)23)10-18-19(24)22(20(27)28-18)15-6-4-5-14(21)11-15/h4-11H,3H2,1-2H3/b18-10-. The summed E-state index contributed by atoms with van der Waals surface area (Å²) in [5.74, 6) is 0.102. The minimum atomic E-state index is -0.434. The summed E-state index contributed by atoms with van der Waals surface area (Å²) in [6.07, 6.45) is 1.73. The lowest BCUT2D eigenvalue weighted by atomic mass is 10.1. The van der Waals surface area contributed by atoms with Crippen molar-refractivity contribution in [2.24, 2.45) is 0 Å². The summed E-state index contributed by atoms with van der Waals surface area (Å²) >= 11 is 12.6. The Hall–Kier alpha value is -2.35. The second kappa shape index (κ2) is 8.77. The zero-order chi connectivity index (χ0) is 20.3. The van der Waals surface area contributed by atoms with Gasteiger partial charge in [-0.05, 0) is 48.9 Å². The maximum absolute atomic E-state index is 12.9. The van der Waals surface area contributed by atoms with Crippen LogP contribution in [0, 0.1) is 0 Å². The minimum absolute atomic E-state index is 0.223. The van der Waals surface area contributed by atoms with E-state index < -0.39 is 5.97 Å². The van der Waals surface area contributed by atoms with Gasteiger partial charge in [0.05, 0.1) is 17.2 Å². The molecule has 0 aliphatic carbocycles. The Morgan fingerprint density at radius 1 is 1.25 bits per heavy atom. The van der Waals surface area contributed by atoms with Crippen LogP contribution in [0.3, 0.4) is 0 Å². The molecule has 0 unspecified atom stereocenters. The Labute approximate surface area is 177 Å². The second-order valence-corrected chi connectivity index (χ2v) is 7.84. The first-order chi connectivity index (χ1) is 13.4. The first kappa shape index (κ1) is 20.4. The lowest BCUT2D eigenvalue weighted by Crippen LogP contribution is -2.27. The van der Waals surface area contributed by atoms with Crippen molar-refractivity contribution in [1.29, 1.82) is 0 Å². The number of carbonyl (C=O) groups is 2. The van der Waals surface area contributed by atoms with Gasteiger partial charge in [-0.1, -0.05) is 47.7 Å². The molecule has 28 heavy (non-hydrogen) atoms. The van der Waals surface area contributed by atoms with E-state index in [1.54, 1.807) is 48.5 Å². The van der Waals surface area contributed by atoms with Gasteiger partial charge in [0.2, 0.25) is 0 Å². The highest BCUT2D eigenvalue weighted by molar-refractivity contribution is 8.27. The molecule has 5 nitrogen and oxygen atoms in total. The van der Waals surface area contributed by atoms with Crippen molar-refractivity contribution < 1.29 is 19.1 Å². The van der Waals surface area contributed by atoms with Crippen LogP contribution in [0.4, 0.5) is 5.69 Å². The Kier molecular flexibility index (Phi) is 6.39. The zero-order valence-electron chi connectivity index (χ0n) is 15.1. The molecule has 0 bridgehead atoms. The summed E-state index contributed by atoms with van der Waals surface area (Å²) in [4.78, 5) is 26.0. The van der Waals surface area contributed by atoms with Crippen LogP contribution in [0.5, 0.6) is 11.5 Å². The normalized spacial score (nSPS) is 15.2. The first-order valence-electron chi connectivity index (χ1n) is 8.38. The molecule has 1 fully saturated rings.